The summed E-state index contributed by atoms with van der Waals surface area (Å²) in [5.74, 6) is -1.51. The molecule has 3 fully saturated rings. The molecule has 1 saturated heterocycles. The van der Waals surface area contributed by atoms with Gasteiger partial charge in [0.2, 0.25) is 17.6 Å². The molecule has 4 unspecified atom stereocenters. The van der Waals surface area contributed by atoms with Gasteiger partial charge in [0, 0.05) is 27.1 Å². The smallest absolute Gasteiger partial charge is 0.339 e. The van der Waals surface area contributed by atoms with Crippen LogP contribution in [0.15, 0.2) is 71.2 Å². The van der Waals surface area contributed by atoms with Crippen LogP contribution in [0.1, 0.15) is 40.0 Å². The number of hydrogen-bond donors (Lipinski definition) is 0. The standard InChI is InChI=1S/C33H23BrClN3O7/c34-20-6-10-25-22(13-20)23(33(42)45-15-28(39)17-5-9-24(35)27(12-17)38(43)44)14-26(36-25)16-3-7-21(8-4-16)37-31(40)29-18-1-2-19(11-18)30(29)32(37)41/h3-10,12-14,18-19,29-30H,1-2,11,15H2. The fraction of sp³-hybridized carbons (Fsp3) is 0.242. The number of carbonyl (C=O) groups is 4. The van der Waals surface area contributed by atoms with Crippen LogP contribution in [-0.4, -0.2) is 40.1 Å². The lowest BCUT2D eigenvalue weighted by atomic mass is 9.81. The highest BCUT2D eigenvalue weighted by Gasteiger charge is 2.61. The van der Waals surface area contributed by atoms with Gasteiger partial charge in [0.15, 0.2) is 6.61 Å². The molecular formula is C33H23BrClN3O7. The molecule has 1 aliphatic heterocycles. The minimum Gasteiger partial charge on any atom is -0.454 e. The van der Waals surface area contributed by atoms with Gasteiger partial charge in [-0.1, -0.05) is 39.7 Å². The van der Waals surface area contributed by atoms with Crippen LogP contribution in [0.2, 0.25) is 5.02 Å². The van der Waals surface area contributed by atoms with Crippen molar-refractivity contribution in [1.29, 1.82) is 0 Å². The topological polar surface area (TPSA) is 137 Å². The Bertz CT molecular complexity index is 1940. The van der Waals surface area contributed by atoms with Crippen LogP contribution in [0.4, 0.5) is 11.4 Å². The molecule has 226 valence electrons. The Morgan fingerprint density at radius 2 is 1.67 bits per heavy atom. The molecule has 2 bridgehead atoms. The van der Waals surface area contributed by atoms with Crippen LogP contribution >= 0.6 is 27.5 Å². The van der Waals surface area contributed by atoms with Crippen molar-refractivity contribution >= 4 is 73.4 Å². The first-order valence-electron chi connectivity index (χ1n) is 14.3. The van der Waals surface area contributed by atoms with Gasteiger partial charge in [-0.25, -0.2) is 9.78 Å². The number of ether oxygens (including phenoxy) is 1. The molecule has 4 aromatic rings. The molecule has 7 rings (SSSR count). The number of imide groups is 1. The molecule has 45 heavy (non-hydrogen) atoms. The summed E-state index contributed by atoms with van der Waals surface area (Å²) in [7, 11) is 0. The fourth-order valence-corrected chi connectivity index (χ4v) is 7.63. The van der Waals surface area contributed by atoms with E-state index in [9.17, 15) is 29.3 Å². The second-order valence-electron chi connectivity index (χ2n) is 11.6. The Morgan fingerprint density at radius 3 is 2.33 bits per heavy atom. The average molecular weight is 689 g/mol. The summed E-state index contributed by atoms with van der Waals surface area (Å²) in [5.41, 5.74) is 1.80. The van der Waals surface area contributed by atoms with E-state index >= 15 is 0 Å². The molecule has 4 atom stereocenters. The van der Waals surface area contributed by atoms with E-state index in [1.54, 1.807) is 48.5 Å². The van der Waals surface area contributed by atoms with Gasteiger partial charge in [-0.3, -0.25) is 29.4 Å². The highest BCUT2D eigenvalue weighted by atomic mass is 79.9. The predicted molar refractivity (Wildman–Crippen MR) is 168 cm³/mol. The van der Waals surface area contributed by atoms with Gasteiger partial charge in [-0.2, -0.15) is 0 Å². The number of aromatic nitrogens is 1. The van der Waals surface area contributed by atoms with E-state index in [-0.39, 0.29) is 39.8 Å². The summed E-state index contributed by atoms with van der Waals surface area (Å²) >= 11 is 9.26. The van der Waals surface area contributed by atoms with Gasteiger partial charge in [0.25, 0.3) is 5.69 Å². The molecule has 10 nitrogen and oxygen atoms in total. The number of pyridine rings is 1. The Hall–Kier alpha value is -4.48. The van der Waals surface area contributed by atoms with Crippen LogP contribution in [0, 0.1) is 33.8 Å². The molecule has 1 aromatic heterocycles. The van der Waals surface area contributed by atoms with Crippen LogP contribution in [-0.2, 0) is 14.3 Å². The van der Waals surface area contributed by atoms with Gasteiger partial charge in [-0.05, 0) is 79.6 Å². The molecule has 2 saturated carbocycles. The van der Waals surface area contributed by atoms with Crippen LogP contribution in [0.5, 0.6) is 0 Å². The number of rotatable bonds is 7. The number of halogens is 2. The van der Waals surface area contributed by atoms with Crippen molar-refractivity contribution in [2.24, 2.45) is 23.7 Å². The third kappa shape index (κ3) is 5.00. The molecular weight excluding hydrogens is 666 g/mol. The van der Waals surface area contributed by atoms with Crippen molar-refractivity contribution in [1.82, 2.24) is 4.98 Å². The lowest BCUT2D eigenvalue weighted by molar-refractivity contribution is -0.384. The number of amides is 2. The van der Waals surface area contributed by atoms with Gasteiger partial charge in [-0.15, -0.1) is 0 Å². The van der Waals surface area contributed by atoms with E-state index in [4.69, 9.17) is 21.3 Å². The number of nitro benzene ring substituents is 1. The average Bonchev–Trinajstić information content (AvgIpc) is 3.72. The number of anilines is 1. The Kier molecular flexibility index (Phi) is 7.25. The molecule has 2 heterocycles. The maximum Gasteiger partial charge on any atom is 0.339 e. The van der Waals surface area contributed by atoms with Crippen molar-refractivity contribution < 1.29 is 28.8 Å². The number of carbonyl (C=O) groups excluding carboxylic acids is 4. The van der Waals surface area contributed by atoms with E-state index in [1.165, 1.54) is 17.0 Å². The number of Topliss-reactive ketones (excluding diaryl/α,β-unsaturated/α-hetero) is 1. The molecule has 3 aliphatic rings. The number of nitrogens with zero attached hydrogens (tertiary/aromatic N) is 3. The second kappa shape index (κ2) is 11.1. The number of benzene rings is 3. The maximum atomic E-state index is 13.3. The summed E-state index contributed by atoms with van der Waals surface area (Å²) in [5, 5.41) is 11.6. The zero-order valence-electron chi connectivity index (χ0n) is 23.4. The zero-order valence-corrected chi connectivity index (χ0v) is 25.8. The quantitative estimate of drug-likeness (QED) is 0.0680. The highest BCUT2D eigenvalue weighted by Crippen LogP contribution is 2.56. The van der Waals surface area contributed by atoms with Crippen molar-refractivity contribution in [2.75, 3.05) is 11.5 Å². The Balaban J connectivity index is 1.15. The number of nitro groups is 1. The normalized spacial score (nSPS) is 21.8. The zero-order chi connectivity index (χ0) is 31.6. The first-order chi connectivity index (χ1) is 21.6. The lowest BCUT2D eigenvalue weighted by Crippen LogP contribution is -2.32. The fourth-order valence-electron chi connectivity index (χ4n) is 7.08. The van der Waals surface area contributed by atoms with E-state index in [0.717, 1.165) is 25.3 Å². The van der Waals surface area contributed by atoms with Gasteiger partial charge >= 0.3 is 5.97 Å². The number of esters is 1. The first kappa shape index (κ1) is 29.2. The summed E-state index contributed by atoms with van der Waals surface area (Å²) in [6.07, 6.45) is 2.97. The summed E-state index contributed by atoms with van der Waals surface area (Å²) < 4.78 is 6.07. The second-order valence-corrected chi connectivity index (χ2v) is 12.9. The van der Waals surface area contributed by atoms with Gasteiger partial charge < -0.3 is 4.74 Å². The molecule has 2 amide bonds. The number of hydrogen-bond acceptors (Lipinski definition) is 8. The highest BCUT2D eigenvalue weighted by molar-refractivity contribution is 9.10. The van der Waals surface area contributed by atoms with Gasteiger partial charge in [0.1, 0.15) is 5.02 Å². The van der Waals surface area contributed by atoms with Crippen molar-refractivity contribution in [3.63, 3.8) is 0 Å². The minimum absolute atomic E-state index is 0.0201. The molecule has 3 aromatic carbocycles. The summed E-state index contributed by atoms with van der Waals surface area (Å²) in [4.78, 5) is 69.2. The van der Waals surface area contributed by atoms with Crippen molar-refractivity contribution in [3.05, 3.63) is 97.5 Å². The third-order valence-electron chi connectivity index (χ3n) is 9.14. The third-order valence-corrected chi connectivity index (χ3v) is 9.95. The Labute approximate surface area is 269 Å². The van der Waals surface area contributed by atoms with Gasteiger partial charge in [0.05, 0.1) is 39.2 Å². The molecule has 2 aliphatic carbocycles. The molecule has 12 heteroatoms. The molecule has 0 spiro atoms. The monoisotopic (exact) mass is 687 g/mol. The van der Waals surface area contributed by atoms with Crippen molar-refractivity contribution in [3.8, 4) is 11.3 Å². The largest absolute Gasteiger partial charge is 0.454 e. The maximum absolute atomic E-state index is 13.3. The van der Waals surface area contributed by atoms with Crippen LogP contribution in [0.25, 0.3) is 22.2 Å². The number of fused-ring (bicyclic) bond motifs is 6. The van der Waals surface area contributed by atoms with E-state index in [1.807, 2.05) is 0 Å². The van der Waals surface area contributed by atoms with Crippen LogP contribution < -0.4 is 4.90 Å². The van der Waals surface area contributed by atoms with Crippen molar-refractivity contribution in [2.45, 2.75) is 19.3 Å². The summed E-state index contributed by atoms with van der Waals surface area (Å²) in [6.45, 7) is -0.652. The molecule has 0 N–H and O–H groups in total. The van der Waals surface area contributed by atoms with E-state index in [0.29, 0.717) is 44.2 Å². The van der Waals surface area contributed by atoms with Crippen LogP contribution in [0.3, 0.4) is 0 Å². The SMILES string of the molecule is O=C(COC(=O)c1cc(-c2ccc(N3C(=O)C4C5CCC(C5)C4C3=O)cc2)nc2ccc(Br)cc12)c1ccc(Cl)c([N+](=O)[O-])c1. The summed E-state index contributed by atoms with van der Waals surface area (Å²) in [6, 6.07) is 17.3. The van der Waals surface area contributed by atoms with E-state index in [2.05, 4.69) is 15.9 Å². The minimum atomic E-state index is -0.787. The predicted octanol–water partition coefficient (Wildman–Crippen LogP) is 6.80. The number of ketones is 1. The van der Waals surface area contributed by atoms with E-state index < -0.39 is 29.0 Å². The Morgan fingerprint density at radius 1 is 0.978 bits per heavy atom. The lowest BCUT2D eigenvalue weighted by Gasteiger charge is -2.19. The molecule has 0 radical (unpaired) electrons. The first-order valence-corrected chi connectivity index (χ1v) is 15.5.